The molecule has 0 unspecified atom stereocenters. The summed E-state index contributed by atoms with van der Waals surface area (Å²) in [6, 6.07) is 8.74. The maximum absolute atomic E-state index is 8.49. The minimum atomic E-state index is -4.94. The molecule has 0 radical (unpaired) electrons. The van der Waals surface area contributed by atoms with Crippen molar-refractivity contribution in [3.05, 3.63) is 48.0 Å². The van der Waals surface area contributed by atoms with E-state index in [9.17, 15) is 0 Å². The Morgan fingerprint density at radius 2 is 0.846 bits per heavy atom. The molecule has 0 saturated carbocycles. The molecule has 2 rings (SSSR count). The van der Waals surface area contributed by atoms with Crippen LogP contribution in [0.15, 0.2) is 36.7 Å². The lowest BCUT2D eigenvalue weighted by Crippen LogP contribution is -2.68. The van der Waals surface area contributed by atoms with Crippen LogP contribution in [-0.4, -0.2) is 0 Å². The standard InChI is InChI=1S/C14H18N2.2ClHO4/c1-11-9-13(5-7-15(11)3)14-6-8-16(4)12(2)10-14;2*2-1(3,4)5/h5-10H,1-4H3;2*(H,2,3,4,5)/q+2;;/p-2. The number of aromatic nitrogens is 2. The smallest absolute Gasteiger partial charge is 0.178 e. The van der Waals surface area contributed by atoms with Gasteiger partial charge >= 0.3 is 0 Å². The number of hydrogen-bond acceptors (Lipinski definition) is 8. The van der Waals surface area contributed by atoms with E-state index >= 15 is 0 Å². The van der Waals surface area contributed by atoms with Crippen molar-refractivity contribution < 1.29 is 66.9 Å². The van der Waals surface area contributed by atoms with Crippen LogP contribution in [0.2, 0.25) is 0 Å². The predicted octanol–water partition coefficient (Wildman–Crippen LogP) is -7.89. The largest absolute Gasteiger partial charge is 0.222 e. The quantitative estimate of drug-likeness (QED) is 0.411. The second kappa shape index (κ2) is 10.0. The SMILES string of the molecule is Cc1cc(-c2cc[n+](C)c(C)c2)cc[n+]1C.[O-][Cl+3]([O-])([O-])[O-].[O-][Cl+3]([O-])([O-])[O-]. The van der Waals surface area contributed by atoms with Crippen molar-refractivity contribution in [2.75, 3.05) is 0 Å². The Labute approximate surface area is 154 Å². The summed E-state index contributed by atoms with van der Waals surface area (Å²) in [7, 11) is -5.76. The van der Waals surface area contributed by atoms with Crippen LogP contribution in [0.5, 0.6) is 0 Å². The summed E-state index contributed by atoms with van der Waals surface area (Å²) in [5, 5.41) is 0. The molecule has 2 heterocycles. The predicted molar refractivity (Wildman–Crippen MR) is 63.7 cm³/mol. The van der Waals surface area contributed by atoms with Crippen LogP contribution in [-0.2, 0) is 14.1 Å². The maximum atomic E-state index is 8.49. The Hall–Kier alpha value is -1.44. The summed E-state index contributed by atoms with van der Waals surface area (Å²) in [5.41, 5.74) is 5.09. The van der Waals surface area contributed by atoms with Gasteiger partial charge in [-0.25, -0.2) is 46.4 Å². The molecule has 2 aromatic rings. The van der Waals surface area contributed by atoms with Gasteiger partial charge in [0.15, 0.2) is 23.8 Å². The van der Waals surface area contributed by atoms with E-state index in [1.54, 1.807) is 0 Å². The van der Waals surface area contributed by atoms with Crippen molar-refractivity contribution in [3.8, 4) is 11.1 Å². The molecule has 0 fully saturated rings. The van der Waals surface area contributed by atoms with E-state index in [4.69, 9.17) is 37.3 Å². The van der Waals surface area contributed by atoms with Crippen molar-refractivity contribution >= 4 is 0 Å². The van der Waals surface area contributed by atoms with Crippen LogP contribution >= 0.6 is 0 Å². The molecule has 0 amide bonds. The van der Waals surface area contributed by atoms with Crippen LogP contribution in [0.3, 0.4) is 0 Å². The van der Waals surface area contributed by atoms with Crippen molar-refractivity contribution in [2.24, 2.45) is 14.1 Å². The van der Waals surface area contributed by atoms with Crippen LogP contribution in [0.1, 0.15) is 11.4 Å². The number of rotatable bonds is 1. The van der Waals surface area contributed by atoms with Gasteiger partial charge in [0.05, 0.1) is 0 Å². The molecule has 0 aliphatic rings. The first-order chi connectivity index (χ1) is 11.6. The van der Waals surface area contributed by atoms with Gasteiger partial charge in [0.1, 0.15) is 14.1 Å². The molecule has 0 aromatic carbocycles. The summed E-state index contributed by atoms with van der Waals surface area (Å²) in [6.45, 7) is 4.25. The minimum absolute atomic E-state index is 1.27. The van der Waals surface area contributed by atoms with E-state index in [0.717, 1.165) is 0 Å². The number of nitrogens with zero attached hydrogens (tertiary/aromatic N) is 2. The van der Waals surface area contributed by atoms with Crippen molar-refractivity contribution in [1.29, 1.82) is 0 Å². The second-order valence-corrected chi connectivity index (χ2v) is 6.60. The third kappa shape index (κ3) is 12.9. The van der Waals surface area contributed by atoms with Crippen LogP contribution in [0, 0.1) is 34.3 Å². The first-order valence-electron chi connectivity index (χ1n) is 6.74. The topological polar surface area (TPSA) is 192 Å². The first kappa shape index (κ1) is 24.6. The van der Waals surface area contributed by atoms with Crippen LogP contribution in [0.4, 0.5) is 0 Å². The Morgan fingerprint density at radius 3 is 1.04 bits per heavy atom. The van der Waals surface area contributed by atoms with E-state index in [1.807, 2.05) is 0 Å². The first-order valence-corrected chi connectivity index (χ1v) is 9.21. The Kier molecular flexibility index (Phi) is 9.48. The fourth-order valence-corrected chi connectivity index (χ4v) is 1.73. The summed E-state index contributed by atoms with van der Waals surface area (Å²) in [6.07, 6.45) is 4.21. The summed E-state index contributed by atoms with van der Waals surface area (Å²) in [5.74, 6) is 0. The molecule has 0 saturated heterocycles. The van der Waals surface area contributed by atoms with Crippen LogP contribution in [0.25, 0.3) is 11.1 Å². The van der Waals surface area contributed by atoms with Gasteiger partial charge in [-0.15, -0.1) is 20.5 Å². The molecule has 146 valence electrons. The van der Waals surface area contributed by atoms with Crippen LogP contribution < -0.4 is 46.4 Å². The molecule has 10 nitrogen and oxygen atoms in total. The Morgan fingerprint density at radius 1 is 0.615 bits per heavy atom. The van der Waals surface area contributed by atoms with Gasteiger partial charge in [0, 0.05) is 38.1 Å². The monoisotopic (exact) mass is 412 g/mol. The molecule has 26 heavy (non-hydrogen) atoms. The highest BCUT2D eigenvalue weighted by Crippen LogP contribution is 2.18. The highest BCUT2D eigenvalue weighted by Gasteiger charge is 2.07. The zero-order valence-electron chi connectivity index (χ0n) is 14.4. The molecular weight excluding hydrogens is 395 g/mol. The van der Waals surface area contributed by atoms with Crippen molar-refractivity contribution in [1.82, 2.24) is 0 Å². The van der Waals surface area contributed by atoms with Gasteiger partial charge in [-0.05, 0) is 11.1 Å². The zero-order valence-corrected chi connectivity index (χ0v) is 15.9. The molecule has 0 N–H and O–H groups in total. The number of aryl methyl sites for hydroxylation is 4. The molecule has 0 bridgehead atoms. The molecule has 12 heteroatoms. The molecule has 0 spiro atoms. The number of pyridine rings is 2. The second-order valence-electron chi connectivity index (χ2n) is 5.09. The lowest BCUT2D eigenvalue weighted by molar-refractivity contribution is -2.00. The number of halogens is 2. The molecule has 0 aliphatic carbocycles. The van der Waals surface area contributed by atoms with Gasteiger partial charge in [-0.3, -0.25) is 0 Å². The van der Waals surface area contributed by atoms with Gasteiger partial charge in [0.25, 0.3) is 0 Å². The van der Waals surface area contributed by atoms with E-state index < -0.39 is 20.5 Å². The van der Waals surface area contributed by atoms with Crippen molar-refractivity contribution in [2.45, 2.75) is 13.8 Å². The van der Waals surface area contributed by atoms with Gasteiger partial charge in [-0.1, -0.05) is 0 Å². The molecule has 0 atom stereocenters. The Bertz CT molecular complexity index is 644. The zero-order chi connectivity index (χ0) is 20.7. The normalized spacial score (nSPS) is 11.1. The van der Waals surface area contributed by atoms with Gasteiger partial charge in [0.2, 0.25) is 0 Å². The summed E-state index contributed by atoms with van der Waals surface area (Å²) >= 11 is 0. The summed E-state index contributed by atoms with van der Waals surface area (Å²) < 4.78 is 72.2. The third-order valence-corrected chi connectivity index (χ3v) is 3.13. The third-order valence-electron chi connectivity index (χ3n) is 3.13. The van der Waals surface area contributed by atoms with Gasteiger partial charge < -0.3 is 0 Å². The summed E-state index contributed by atoms with van der Waals surface area (Å²) in [4.78, 5) is 0. The van der Waals surface area contributed by atoms with Gasteiger partial charge in [-0.2, -0.15) is 0 Å². The maximum Gasteiger partial charge on any atom is 0.178 e. The average Bonchev–Trinajstić information content (AvgIpc) is 2.41. The minimum Gasteiger partial charge on any atom is -0.222 e. The fraction of sp³-hybridized carbons (Fsp3) is 0.286. The molecule has 0 aliphatic heterocycles. The highest BCUT2D eigenvalue weighted by molar-refractivity contribution is 5.62. The van der Waals surface area contributed by atoms with E-state index in [1.165, 1.54) is 22.5 Å². The number of hydrogen-bond donors (Lipinski definition) is 0. The van der Waals surface area contributed by atoms with E-state index in [2.05, 4.69) is 73.7 Å². The van der Waals surface area contributed by atoms with Crippen molar-refractivity contribution in [3.63, 3.8) is 0 Å². The van der Waals surface area contributed by atoms with E-state index in [0.29, 0.717) is 0 Å². The highest BCUT2D eigenvalue weighted by atomic mass is 35.7. The Balaban J connectivity index is 0.000000520. The fourth-order valence-electron chi connectivity index (χ4n) is 1.73. The molecule has 2 aromatic heterocycles. The lowest BCUT2D eigenvalue weighted by atomic mass is 10.1. The lowest BCUT2D eigenvalue weighted by Gasteiger charge is -2.17. The van der Waals surface area contributed by atoms with E-state index in [-0.39, 0.29) is 0 Å². The molecular formula is C14H18Cl2N2O8. The average molecular weight is 413 g/mol.